The number of allylic oxidation sites excluding steroid dienone is 1. The van der Waals surface area contributed by atoms with Gasteiger partial charge in [0.25, 0.3) is 0 Å². The van der Waals surface area contributed by atoms with E-state index in [4.69, 9.17) is 9.94 Å². The van der Waals surface area contributed by atoms with E-state index in [9.17, 15) is 9.59 Å². The lowest BCUT2D eigenvalue weighted by Gasteiger charge is -2.24. The summed E-state index contributed by atoms with van der Waals surface area (Å²) in [6.45, 7) is 7.25. The van der Waals surface area contributed by atoms with Crippen molar-refractivity contribution in [3.05, 3.63) is 17.2 Å². The fraction of sp³-hybridized carbons (Fsp3) is 0.462. The number of hydrogen-bond donors (Lipinski definition) is 1. The third-order valence-electron chi connectivity index (χ3n) is 2.06. The fourth-order valence-electron chi connectivity index (χ4n) is 1.40. The number of hydrogen-bond acceptors (Lipinski definition) is 5. The maximum Gasteiger partial charge on any atom is 0.337 e. The van der Waals surface area contributed by atoms with Crippen LogP contribution in [0.4, 0.5) is 5.13 Å². The largest absolute Gasteiger partial charge is 0.478 e. The van der Waals surface area contributed by atoms with E-state index in [-0.39, 0.29) is 5.57 Å². The van der Waals surface area contributed by atoms with Crippen LogP contribution in [0, 0.1) is 0 Å². The number of thiazole rings is 1. The Morgan fingerprint density at radius 1 is 1.55 bits per heavy atom. The smallest absolute Gasteiger partial charge is 0.337 e. The van der Waals surface area contributed by atoms with E-state index in [1.807, 2.05) is 6.92 Å². The summed E-state index contributed by atoms with van der Waals surface area (Å²) in [6, 6.07) is 0. The van der Waals surface area contributed by atoms with Gasteiger partial charge in [-0.3, -0.25) is 9.63 Å². The van der Waals surface area contributed by atoms with Crippen molar-refractivity contribution < 1.29 is 19.5 Å². The van der Waals surface area contributed by atoms with Crippen LogP contribution in [0.5, 0.6) is 0 Å². The Kier molecular flexibility index (Phi) is 5.41. The molecule has 0 saturated carbocycles. The molecule has 20 heavy (non-hydrogen) atoms. The van der Waals surface area contributed by atoms with Gasteiger partial charge in [0, 0.05) is 5.38 Å². The Balaban J connectivity index is 3.03. The van der Waals surface area contributed by atoms with E-state index in [0.29, 0.717) is 23.7 Å². The van der Waals surface area contributed by atoms with Gasteiger partial charge in [-0.1, -0.05) is 13.0 Å². The number of carboxylic acids is 1. The summed E-state index contributed by atoms with van der Waals surface area (Å²) in [6.07, 6.45) is 2.68. The second kappa shape index (κ2) is 6.62. The second-order valence-electron chi connectivity index (χ2n) is 4.98. The summed E-state index contributed by atoms with van der Waals surface area (Å²) in [5, 5.41) is 12.0. The van der Waals surface area contributed by atoms with Crippen LogP contribution in [0.2, 0.25) is 0 Å². The topological polar surface area (TPSA) is 79.7 Å². The lowest BCUT2D eigenvalue weighted by atomic mass is 10.2. The third kappa shape index (κ3) is 4.43. The first-order chi connectivity index (χ1) is 9.28. The molecule has 1 aromatic heterocycles. The number of amides is 1. The van der Waals surface area contributed by atoms with Crippen molar-refractivity contribution in [2.24, 2.45) is 0 Å². The molecule has 7 heteroatoms. The zero-order chi connectivity index (χ0) is 15.3. The zero-order valence-electron chi connectivity index (χ0n) is 11.9. The normalized spacial score (nSPS) is 12.3. The predicted octanol–water partition coefficient (Wildman–Crippen LogP) is 2.71. The summed E-state index contributed by atoms with van der Waals surface area (Å²) in [7, 11) is 0. The van der Waals surface area contributed by atoms with Crippen molar-refractivity contribution in [1.82, 2.24) is 4.98 Å². The van der Waals surface area contributed by atoms with Crippen molar-refractivity contribution in [3.63, 3.8) is 0 Å². The maximum atomic E-state index is 11.1. The molecule has 0 unspecified atom stereocenters. The average molecular weight is 298 g/mol. The number of carbonyl (C=O) groups excluding carboxylic acids is 1. The first kappa shape index (κ1) is 16.3. The molecule has 0 aromatic carbocycles. The molecular formula is C13H18N2O4S. The van der Waals surface area contributed by atoms with Crippen LogP contribution in [0.1, 0.15) is 39.8 Å². The quantitative estimate of drug-likeness (QED) is 0.496. The number of nitrogens with zero attached hydrogens (tertiary/aromatic N) is 2. The molecule has 0 aliphatic rings. The Hall–Kier alpha value is -1.73. The van der Waals surface area contributed by atoms with Gasteiger partial charge < -0.3 is 5.11 Å². The van der Waals surface area contributed by atoms with E-state index in [1.54, 1.807) is 32.2 Å². The minimum atomic E-state index is -1.04. The van der Waals surface area contributed by atoms with Gasteiger partial charge in [-0.05, 0) is 27.2 Å². The number of carbonyl (C=O) groups is 2. The Morgan fingerprint density at radius 3 is 2.65 bits per heavy atom. The maximum absolute atomic E-state index is 11.1. The number of carboxylic acid groups (broad SMARTS) is 1. The van der Waals surface area contributed by atoms with Gasteiger partial charge in [0.2, 0.25) is 11.5 Å². The minimum absolute atomic E-state index is 0.122. The molecule has 1 amide bonds. The molecule has 110 valence electrons. The van der Waals surface area contributed by atoms with Crippen molar-refractivity contribution in [2.75, 3.05) is 5.06 Å². The van der Waals surface area contributed by atoms with Gasteiger partial charge in [-0.2, -0.15) is 5.06 Å². The molecule has 1 heterocycles. The minimum Gasteiger partial charge on any atom is -0.478 e. The van der Waals surface area contributed by atoms with Crippen LogP contribution in [0.15, 0.2) is 11.5 Å². The monoisotopic (exact) mass is 298 g/mol. The highest BCUT2D eigenvalue weighted by atomic mass is 32.1. The summed E-state index contributed by atoms with van der Waals surface area (Å²) >= 11 is 1.15. The van der Waals surface area contributed by atoms with E-state index >= 15 is 0 Å². The van der Waals surface area contributed by atoms with Gasteiger partial charge in [0.05, 0.1) is 16.9 Å². The average Bonchev–Trinajstić information content (AvgIpc) is 2.80. The molecular weight excluding hydrogens is 280 g/mol. The molecule has 0 aliphatic heterocycles. The molecule has 1 rings (SSSR count). The van der Waals surface area contributed by atoms with Crippen molar-refractivity contribution in [1.29, 1.82) is 0 Å². The van der Waals surface area contributed by atoms with Gasteiger partial charge in [0.1, 0.15) is 0 Å². The number of hydroxylamine groups is 1. The summed E-state index contributed by atoms with van der Waals surface area (Å²) < 4.78 is 0. The van der Waals surface area contributed by atoms with Gasteiger partial charge >= 0.3 is 5.97 Å². The van der Waals surface area contributed by atoms with Crippen LogP contribution >= 0.6 is 11.3 Å². The third-order valence-corrected chi connectivity index (χ3v) is 2.89. The molecule has 0 saturated heterocycles. The molecule has 0 atom stereocenters. The fourth-order valence-corrected chi connectivity index (χ4v) is 2.13. The van der Waals surface area contributed by atoms with E-state index in [2.05, 4.69) is 4.98 Å². The van der Waals surface area contributed by atoms with Crippen LogP contribution in [0.3, 0.4) is 0 Å². The number of anilines is 1. The van der Waals surface area contributed by atoms with Crippen molar-refractivity contribution >= 4 is 34.4 Å². The first-order valence-electron chi connectivity index (χ1n) is 6.11. The summed E-state index contributed by atoms with van der Waals surface area (Å²) in [5.41, 5.74) is -0.109. The first-order valence-corrected chi connectivity index (χ1v) is 6.99. The van der Waals surface area contributed by atoms with Crippen LogP contribution in [0.25, 0.3) is 5.57 Å². The molecule has 0 spiro atoms. The van der Waals surface area contributed by atoms with Crippen LogP contribution in [-0.4, -0.2) is 28.1 Å². The molecule has 0 radical (unpaired) electrons. The molecule has 0 bridgehead atoms. The Labute approximate surface area is 121 Å². The summed E-state index contributed by atoms with van der Waals surface area (Å²) in [4.78, 5) is 31.8. The van der Waals surface area contributed by atoms with E-state index in [1.165, 1.54) is 0 Å². The molecule has 0 fully saturated rings. The standard InChI is InChI=1S/C13H18N2O4S/c1-5-6-9(11(17)18)10-7-20-12(14-10)15(8-16)19-13(2,3)4/h6-8H,5H2,1-4H3,(H,17,18)/b9-6-. The number of aliphatic carboxylic acids is 1. The molecule has 6 nitrogen and oxygen atoms in total. The van der Waals surface area contributed by atoms with Crippen LogP contribution < -0.4 is 5.06 Å². The highest BCUT2D eigenvalue weighted by Gasteiger charge is 2.21. The predicted molar refractivity (Wildman–Crippen MR) is 77.4 cm³/mol. The lowest BCUT2D eigenvalue weighted by molar-refractivity contribution is -0.130. The van der Waals surface area contributed by atoms with Crippen LogP contribution in [-0.2, 0) is 14.4 Å². The number of aromatic nitrogens is 1. The second-order valence-corrected chi connectivity index (χ2v) is 5.82. The van der Waals surface area contributed by atoms with E-state index < -0.39 is 11.6 Å². The lowest BCUT2D eigenvalue weighted by Crippen LogP contribution is -2.32. The van der Waals surface area contributed by atoms with Crippen molar-refractivity contribution in [2.45, 2.75) is 39.7 Å². The van der Waals surface area contributed by atoms with Gasteiger partial charge in [-0.25, -0.2) is 9.78 Å². The molecule has 1 aromatic rings. The Morgan fingerprint density at radius 2 is 2.20 bits per heavy atom. The number of rotatable bonds is 6. The highest BCUT2D eigenvalue weighted by Crippen LogP contribution is 2.26. The zero-order valence-corrected chi connectivity index (χ0v) is 12.7. The molecule has 0 aliphatic carbocycles. The van der Waals surface area contributed by atoms with Gasteiger partial charge in [0.15, 0.2) is 0 Å². The Bertz CT molecular complexity index is 517. The summed E-state index contributed by atoms with van der Waals surface area (Å²) in [5.74, 6) is -1.04. The highest BCUT2D eigenvalue weighted by molar-refractivity contribution is 7.14. The SMILES string of the molecule is CC/C=C(\C(=O)O)c1csc(N(C=O)OC(C)(C)C)n1. The van der Waals surface area contributed by atoms with Crippen molar-refractivity contribution in [3.8, 4) is 0 Å². The van der Waals surface area contributed by atoms with E-state index in [0.717, 1.165) is 16.4 Å². The van der Waals surface area contributed by atoms with Gasteiger partial charge in [-0.15, -0.1) is 11.3 Å². The molecule has 1 N–H and O–H groups in total.